The van der Waals surface area contributed by atoms with Crippen LogP contribution in [0.15, 0.2) is 88.4 Å². The van der Waals surface area contributed by atoms with Crippen LogP contribution in [0.3, 0.4) is 0 Å². The maximum atomic E-state index is 13.2. The number of aromatic nitrogens is 1. The summed E-state index contributed by atoms with van der Waals surface area (Å²) in [5.41, 5.74) is 4.70. The highest BCUT2D eigenvalue weighted by Crippen LogP contribution is 2.42. The van der Waals surface area contributed by atoms with Gasteiger partial charge in [-0.3, -0.25) is 4.79 Å². The van der Waals surface area contributed by atoms with E-state index in [1.807, 2.05) is 98.3 Å². The zero-order valence-electron chi connectivity index (χ0n) is 24.7. The van der Waals surface area contributed by atoms with Crippen molar-refractivity contribution in [3.8, 4) is 22.5 Å². The third kappa shape index (κ3) is 6.71. The van der Waals surface area contributed by atoms with E-state index in [4.69, 9.17) is 9.15 Å². The van der Waals surface area contributed by atoms with Gasteiger partial charge in [-0.25, -0.2) is 14.4 Å². The van der Waals surface area contributed by atoms with Crippen molar-refractivity contribution in [2.75, 3.05) is 52.5 Å². The van der Waals surface area contributed by atoms with E-state index in [-0.39, 0.29) is 5.91 Å². The first kappa shape index (κ1) is 30.2. The molecule has 10 heteroatoms. The number of rotatable bonds is 9. The van der Waals surface area contributed by atoms with Crippen molar-refractivity contribution in [1.29, 1.82) is 0 Å². The van der Waals surface area contributed by atoms with E-state index in [2.05, 4.69) is 10.3 Å². The molecule has 0 atom stereocenters. The van der Waals surface area contributed by atoms with Gasteiger partial charge < -0.3 is 19.4 Å². The summed E-state index contributed by atoms with van der Waals surface area (Å²) in [6, 6.07) is 23.0. The fraction of sp³-hybridized carbons (Fsp3) is 0.212. The molecule has 1 aromatic heterocycles. The number of hydrogen-bond donors (Lipinski definition) is 1. The summed E-state index contributed by atoms with van der Waals surface area (Å²) in [5, 5.41) is 5.71. The van der Waals surface area contributed by atoms with Crippen LogP contribution in [0.5, 0.6) is 0 Å². The lowest BCUT2D eigenvalue weighted by Crippen LogP contribution is -2.26. The lowest BCUT2D eigenvalue weighted by atomic mass is 9.89. The predicted octanol–water partition coefficient (Wildman–Crippen LogP) is 5.65. The molecule has 0 unspecified atom stereocenters. The Morgan fingerprint density at radius 3 is 2.53 bits per heavy atom. The SMILES string of the molecule is COC(=O)c1cc(C(=O)NCCSSc2ccccn2)ccc1-c1c2ccc(=[N+](C)C)cc-2oc2cc(N(C)C)ccc12. The van der Waals surface area contributed by atoms with E-state index in [0.717, 1.165) is 32.6 Å². The van der Waals surface area contributed by atoms with Gasteiger partial charge in [0.15, 0.2) is 0 Å². The first-order valence-corrected chi connectivity index (χ1v) is 16.0. The molecule has 1 aliphatic heterocycles. The average Bonchev–Trinajstić information content (AvgIpc) is 3.02. The number of nitrogens with one attached hydrogen (secondary N) is 1. The maximum Gasteiger partial charge on any atom is 0.338 e. The van der Waals surface area contributed by atoms with Gasteiger partial charge in [0.25, 0.3) is 5.91 Å². The van der Waals surface area contributed by atoms with Gasteiger partial charge in [-0.1, -0.05) is 22.9 Å². The van der Waals surface area contributed by atoms with Crippen LogP contribution in [0.2, 0.25) is 0 Å². The molecule has 1 aliphatic carbocycles. The Bertz CT molecular complexity index is 1830. The number of pyridine rings is 1. The van der Waals surface area contributed by atoms with Crippen LogP contribution < -0.4 is 20.1 Å². The van der Waals surface area contributed by atoms with Crippen molar-refractivity contribution in [2.45, 2.75) is 5.03 Å². The van der Waals surface area contributed by atoms with Gasteiger partial charge in [0.1, 0.15) is 30.5 Å². The van der Waals surface area contributed by atoms with Gasteiger partial charge in [0.05, 0.1) is 18.7 Å². The summed E-state index contributed by atoms with van der Waals surface area (Å²) in [6.45, 7) is 0.469. The van der Waals surface area contributed by atoms with E-state index in [0.29, 0.717) is 40.3 Å². The molecule has 0 saturated heterocycles. The molecule has 2 aromatic carbocycles. The summed E-state index contributed by atoms with van der Waals surface area (Å²) in [5.74, 6) is 0.598. The lowest BCUT2D eigenvalue weighted by Gasteiger charge is -2.19. The predicted molar refractivity (Wildman–Crippen MR) is 176 cm³/mol. The number of ether oxygens (including phenoxy) is 1. The number of esters is 1. The van der Waals surface area contributed by atoms with Crippen molar-refractivity contribution < 1.29 is 18.7 Å². The molecule has 0 saturated carbocycles. The number of amides is 1. The van der Waals surface area contributed by atoms with Crippen molar-refractivity contribution in [3.05, 3.63) is 95.5 Å². The van der Waals surface area contributed by atoms with Crippen LogP contribution >= 0.6 is 21.6 Å². The van der Waals surface area contributed by atoms with Gasteiger partial charge >= 0.3 is 5.97 Å². The summed E-state index contributed by atoms with van der Waals surface area (Å²) in [7, 11) is 12.4. The number of benzene rings is 3. The van der Waals surface area contributed by atoms with Crippen molar-refractivity contribution in [1.82, 2.24) is 14.9 Å². The molecular formula is C33H33N4O4S2+. The second kappa shape index (κ2) is 13.4. The van der Waals surface area contributed by atoms with E-state index in [9.17, 15) is 9.59 Å². The molecule has 1 amide bonds. The maximum absolute atomic E-state index is 13.2. The standard InChI is InChI=1S/C33H32N4O4S2/c1-36(2)22-10-13-25-28(19-22)41-29-20-23(37(3)4)11-14-26(29)31(25)24-12-9-21(18-27(24)33(39)40-5)32(38)35-16-17-42-43-30-8-6-7-15-34-30/h6-15,18-20H,16-17H2,1-5H3/p+1. The summed E-state index contributed by atoms with van der Waals surface area (Å²) in [4.78, 5) is 32.6. The molecule has 43 heavy (non-hydrogen) atoms. The molecule has 3 aromatic rings. The highest BCUT2D eigenvalue weighted by Gasteiger charge is 2.24. The van der Waals surface area contributed by atoms with Crippen LogP contribution in [0.25, 0.3) is 33.4 Å². The molecule has 0 bridgehead atoms. The zero-order valence-corrected chi connectivity index (χ0v) is 26.3. The highest BCUT2D eigenvalue weighted by atomic mass is 33.1. The van der Waals surface area contributed by atoms with Gasteiger partial charge in [0.2, 0.25) is 5.36 Å². The number of anilines is 1. The molecular weight excluding hydrogens is 581 g/mol. The number of carbonyl (C=O) groups excluding carboxylic acids is 2. The minimum Gasteiger partial charge on any atom is -0.465 e. The fourth-order valence-corrected chi connectivity index (χ4v) is 6.49. The second-order valence-corrected chi connectivity index (χ2v) is 12.6. The largest absolute Gasteiger partial charge is 0.465 e. The van der Waals surface area contributed by atoms with E-state index in [1.165, 1.54) is 7.11 Å². The fourth-order valence-electron chi connectivity index (χ4n) is 4.70. The van der Waals surface area contributed by atoms with Crippen LogP contribution in [-0.2, 0) is 4.74 Å². The Labute approximate surface area is 258 Å². The van der Waals surface area contributed by atoms with Crippen molar-refractivity contribution in [2.24, 2.45) is 0 Å². The normalized spacial score (nSPS) is 11.0. The van der Waals surface area contributed by atoms with E-state index in [1.54, 1.807) is 39.9 Å². The Morgan fingerprint density at radius 1 is 1.00 bits per heavy atom. The third-order valence-electron chi connectivity index (χ3n) is 6.93. The topological polar surface area (TPSA) is 87.7 Å². The molecule has 0 spiro atoms. The van der Waals surface area contributed by atoms with Crippen LogP contribution in [-0.4, -0.2) is 64.5 Å². The Balaban J connectivity index is 1.52. The number of fused-ring (bicyclic) bond motifs is 2. The van der Waals surface area contributed by atoms with Gasteiger partial charge in [-0.2, -0.15) is 0 Å². The van der Waals surface area contributed by atoms with Crippen molar-refractivity contribution >= 4 is 50.1 Å². The monoisotopic (exact) mass is 613 g/mol. The Hall–Kier alpha value is -4.28. The second-order valence-electron chi connectivity index (χ2n) is 10.2. The zero-order chi connectivity index (χ0) is 30.5. The minimum absolute atomic E-state index is 0.260. The average molecular weight is 614 g/mol. The molecule has 0 radical (unpaired) electrons. The lowest BCUT2D eigenvalue weighted by molar-refractivity contribution is 0.0601. The summed E-state index contributed by atoms with van der Waals surface area (Å²) < 4.78 is 13.6. The molecule has 1 N–H and O–H groups in total. The smallest absolute Gasteiger partial charge is 0.338 e. The van der Waals surface area contributed by atoms with Gasteiger partial charge in [-0.15, -0.1) is 0 Å². The minimum atomic E-state index is -0.524. The van der Waals surface area contributed by atoms with E-state index < -0.39 is 5.97 Å². The van der Waals surface area contributed by atoms with Gasteiger partial charge in [-0.05, 0) is 58.8 Å². The number of methoxy groups -OCH3 is 1. The van der Waals surface area contributed by atoms with E-state index >= 15 is 0 Å². The molecule has 2 heterocycles. The number of carbonyl (C=O) groups is 2. The Morgan fingerprint density at radius 2 is 1.81 bits per heavy atom. The Kier molecular flexibility index (Phi) is 9.37. The van der Waals surface area contributed by atoms with Crippen LogP contribution in [0.4, 0.5) is 5.69 Å². The molecule has 5 rings (SSSR count). The first-order chi connectivity index (χ1) is 20.8. The van der Waals surface area contributed by atoms with Crippen LogP contribution in [0, 0.1) is 0 Å². The van der Waals surface area contributed by atoms with Gasteiger partial charge in [0, 0.05) is 72.5 Å². The van der Waals surface area contributed by atoms with Crippen LogP contribution in [0.1, 0.15) is 20.7 Å². The van der Waals surface area contributed by atoms with Crippen molar-refractivity contribution in [3.63, 3.8) is 0 Å². The molecule has 220 valence electrons. The number of hydrogen-bond acceptors (Lipinski definition) is 8. The summed E-state index contributed by atoms with van der Waals surface area (Å²) >= 11 is 0. The quantitative estimate of drug-likeness (QED) is 0.0750. The molecule has 2 aliphatic rings. The summed E-state index contributed by atoms with van der Waals surface area (Å²) in [6.07, 6.45) is 1.76. The highest BCUT2D eigenvalue weighted by molar-refractivity contribution is 8.76. The molecule has 8 nitrogen and oxygen atoms in total. The molecule has 0 fully saturated rings. The number of nitrogens with zero attached hydrogens (tertiary/aromatic N) is 3. The third-order valence-corrected chi connectivity index (χ3v) is 9.20. The first-order valence-electron chi connectivity index (χ1n) is 13.7.